The molecule has 0 saturated carbocycles. The third kappa shape index (κ3) is 4.12. The minimum Gasteiger partial charge on any atom is -0.495 e. The van der Waals surface area contributed by atoms with Crippen molar-refractivity contribution in [3.05, 3.63) is 52.3 Å². The van der Waals surface area contributed by atoms with Crippen LogP contribution in [0.3, 0.4) is 0 Å². The number of hydrogen-bond acceptors (Lipinski definition) is 5. The second kappa shape index (κ2) is 9.17. The van der Waals surface area contributed by atoms with Crippen molar-refractivity contribution in [2.75, 3.05) is 20.2 Å². The van der Waals surface area contributed by atoms with Gasteiger partial charge in [0.2, 0.25) is 10.0 Å². The van der Waals surface area contributed by atoms with Crippen LogP contribution in [0.4, 0.5) is 0 Å². The number of ether oxygens (including phenoxy) is 1. The highest BCUT2D eigenvalue weighted by Gasteiger charge is 2.26. The molecular weight excluding hydrogens is 446 g/mol. The molecule has 2 aromatic carbocycles. The van der Waals surface area contributed by atoms with Gasteiger partial charge in [-0.3, -0.25) is 4.79 Å². The highest BCUT2D eigenvalue weighted by Crippen LogP contribution is 2.30. The fourth-order valence-corrected chi connectivity index (χ4v) is 6.69. The van der Waals surface area contributed by atoms with Crippen molar-refractivity contribution in [1.82, 2.24) is 8.87 Å². The minimum atomic E-state index is -3.53. The predicted molar refractivity (Wildman–Crippen MR) is 126 cm³/mol. The lowest BCUT2D eigenvalue weighted by Gasteiger charge is -2.25. The number of thiazole rings is 1. The number of nitrogens with zero attached hydrogens (tertiary/aromatic N) is 3. The average Bonchev–Trinajstić information content (AvgIpc) is 3.19. The smallest absolute Gasteiger partial charge is 0.279 e. The average molecular weight is 474 g/mol. The largest absolute Gasteiger partial charge is 0.495 e. The van der Waals surface area contributed by atoms with Crippen LogP contribution in [-0.4, -0.2) is 43.4 Å². The Labute approximate surface area is 192 Å². The van der Waals surface area contributed by atoms with Gasteiger partial charge in [-0.2, -0.15) is 9.30 Å². The molecule has 1 saturated heterocycles. The molecule has 0 N–H and O–H groups in total. The maximum atomic E-state index is 12.9. The first-order valence-corrected chi connectivity index (χ1v) is 13.0. The molecule has 0 unspecified atom stereocenters. The zero-order chi connectivity index (χ0) is 22.9. The number of aromatic nitrogens is 1. The molecule has 7 nitrogen and oxygen atoms in total. The van der Waals surface area contributed by atoms with Crippen LogP contribution in [0.1, 0.15) is 42.1 Å². The van der Waals surface area contributed by atoms with Crippen molar-refractivity contribution in [2.24, 2.45) is 4.99 Å². The molecule has 0 radical (unpaired) electrons. The summed E-state index contributed by atoms with van der Waals surface area (Å²) in [5.41, 5.74) is 2.37. The molecular formula is C23H27N3O4S2. The predicted octanol–water partition coefficient (Wildman–Crippen LogP) is 3.96. The molecule has 0 bridgehead atoms. The first-order valence-electron chi connectivity index (χ1n) is 10.7. The van der Waals surface area contributed by atoms with E-state index in [-0.39, 0.29) is 4.90 Å². The molecule has 0 atom stereocenters. The summed E-state index contributed by atoms with van der Waals surface area (Å²) in [7, 11) is -1.90. The lowest BCUT2D eigenvalue weighted by molar-refractivity contribution is 0.0997. The summed E-state index contributed by atoms with van der Waals surface area (Å²) in [6.07, 6.45) is 2.82. The number of piperidine rings is 1. The molecule has 32 heavy (non-hydrogen) atoms. The zero-order valence-electron chi connectivity index (χ0n) is 18.5. The van der Waals surface area contributed by atoms with Gasteiger partial charge in [-0.1, -0.05) is 23.8 Å². The van der Waals surface area contributed by atoms with E-state index in [1.807, 2.05) is 30.5 Å². The quantitative estimate of drug-likeness (QED) is 0.562. The van der Waals surface area contributed by atoms with Crippen LogP contribution in [0.5, 0.6) is 5.75 Å². The van der Waals surface area contributed by atoms with Gasteiger partial charge in [-0.25, -0.2) is 8.42 Å². The molecule has 9 heteroatoms. The Hall–Kier alpha value is -2.49. The number of amides is 1. The van der Waals surface area contributed by atoms with Crippen molar-refractivity contribution in [3.63, 3.8) is 0 Å². The molecule has 1 aliphatic rings. The molecule has 0 spiro atoms. The van der Waals surface area contributed by atoms with Crippen LogP contribution in [0.2, 0.25) is 0 Å². The Kier molecular flexibility index (Phi) is 6.50. The molecule has 2 heterocycles. The van der Waals surface area contributed by atoms with E-state index >= 15 is 0 Å². The summed E-state index contributed by atoms with van der Waals surface area (Å²) in [4.78, 5) is 18.1. The van der Waals surface area contributed by atoms with Gasteiger partial charge >= 0.3 is 0 Å². The number of sulfonamides is 1. The topological polar surface area (TPSA) is 81.0 Å². The summed E-state index contributed by atoms with van der Waals surface area (Å²) in [5, 5.41) is 0. The monoisotopic (exact) mass is 473 g/mol. The van der Waals surface area contributed by atoms with E-state index < -0.39 is 15.9 Å². The van der Waals surface area contributed by atoms with Crippen LogP contribution in [0, 0.1) is 6.92 Å². The van der Waals surface area contributed by atoms with Crippen molar-refractivity contribution >= 4 is 37.5 Å². The molecule has 0 aliphatic carbocycles. The number of rotatable bonds is 5. The molecule has 170 valence electrons. The molecule has 1 aliphatic heterocycles. The van der Waals surface area contributed by atoms with Crippen LogP contribution in [-0.2, 0) is 16.6 Å². The third-order valence-corrected chi connectivity index (χ3v) is 8.90. The van der Waals surface area contributed by atoms with Gasteiger partial charge in [0, 0.05) is 25.2 Å². The number of carbonyl (C=O) groups is 1. The summed E-state index contributed by atoms with van der Waals surface area (Å²) >= 11 is 1.45. The van der Waals surface area contributed by atoms with E-state index in [0.29, 0.717) is 30.0 Å². The van der Waals surface area contributed by atoms with E-state index in [1.54, 1.807) is 7.11 Å². The standard InChI is InChI=1S/C23H27N3O4S2/c1-4-26-20-19(30-3)13-8-16(2)21(20)31-23(26)24-22(27)17-9-11-18(12-10-17)32(28,29)25-14-6-5-7-15-25/h8-13H,4-7,14-15H2,1-3H3. The second-order valence-corrected chi connectivity index (χ2v) is 10.7. The highest BCUT2D eigenvalue weighted by atomic mass is 32.2. The van der Waals surface area contributed by atoms with Crippen molar-refractivity contribution in [2.45, 2.75) is 44.6 Å². The molecule has 1 amide bonds. The maximum absolute atomic E-state index is 12.9. The normalized spacial score (nSPS) is 15.9. The van der Waals surface area contributed by atoms with Gasteiger partial charge < -0.3 is 9.30 Å². The Bertz CT molecular complexity index is 1320. The first kappa shape index (κ1) is 22.7. The van der Waals surface area contributed by atoms with Crippen LogP contribution >= 0.6 is 11.3 Å². The van der Waals surface area contributed by atoms with Gasteiger partial charge in [0.1, 0.15) is 11.3 Å². The van der Waals surface area contributed by atoms with Gasteiger partial charge in [0.05, 0.1) is 16.7 Å². The SMILES string of the molecule is CCn1c(=NC(=O)c2ccc(S(=O)(=O)N3CCCCC3)cc2)sc2c(C)ccc(OC)c21. The zero-order valence-corrected chi connectivity index (χ0v) is 20.1. The number of methoxy groups -OCH3 is 1. The highest BCUT2D eigenvalue weighted by molar-refractivity contribution is 7.89. The van der Waals surface area contributed by atoms with Gasteiger partial charge in [0.15, 0.2) is 4.80 Å². The van der Waals surface area contributed by atoms with Crippen LogP contribution in [0.15, 0.2) is 46.3 Å². The van der Waals surface area contributed by atoms with Gasteiger partial charge in [-0.15, -0.1) is 0 Å². The molecule has 4 rings (SSSR count). The summed E-state index contributed by atoms with van der Waals surface area (Å²) < 4.78 is 35.7. The number of benzene rings is 2. The van der Waals surface area contributed by atoms with Crippen molar-refractivity contribution in [3.8, 4) is 5.75 Å². The van der Waals surface area contributed by atoms with E-state index in [0.717, 1.165) is 40.8 Å². The Morgan fingerprint density at radius 3 is 2.41 bits per heavy atom. The Balaban J connectivity index is 1.68. The maximum Gasteiger partial charge on any atom is 0.279 e. The van der Waals surface area contributed by atoms with E-state index in [9.17, 15) is 13.2 Å². The Morgan fingerprint density at radius 2 is 1.78 bits per heavy atom. The summed E-state index contributed by atoms with van der Waals surface area (Å²) in [6, 6.07) is 9.99. The number of carbonyl (C=O) groups excluding carboxylic acids is 1. The van der Waals surface area contributed by atoms with E-state index in [2.05, 4.69) is 4.99 Å². The molecule has 1 aromatic heterocycles. The third-order valence-electron chi connectivity index (χ3n) is 5.77. The minimum absolute atomic E-state index is 0.210. The summed E-state index contributed by atoms with van der Waals surface area (Å²) in [6.45, 7) is 5.75. The van der Waals surface area contributed by atoms with Gasteiger partial charge in [-0.05, 0) is 62.6 Å². The lowest BCUT2D eigenvalue weighted by Crippen LogP contribution is -2.35. The summed E-state index contributed by atoms with van der Waals surface area (Å²) in [5.74, 6) is 0.335. The van der Waals surface area contributed by atoms with Crippen molar-refractivity contribution < 1.29 is 17.9 Å². The van der Waals surface area contributed by atoms with Crippen LogP contribution in [0.25, 0.3) is 10.2 Å². The number of aryl methyl sites for hydroxylation is 2. The number of fused-ring (bicyclic) bond motifs is 1. The second-order valence-electron chi connectivity index (χ2n) is 7.80. The molecule has 1 fully saturated rings. The van der Waals surface area contributed by atoms with Crippen LogP contribution < -0.4 is 9.54 Å². The Morgan fingerprint density at radius 1 is 1.09 bits per heavy atom. The fraction of sp³-hybridized carbons (Fsp3) is 0.391. The van der Waals surface area contributed by atoms with Crippen molar-refractivity contribution in [1.29, 1.82) is 0 Å². The van der Waals surface area contributed by atoms with Gasteiger partial charge in [0.25, 0.3) is 5.91 Å². The fourth-order valence-electron chi connectivity index (χ4n) is 4.00. The van der Waals surface area contributed by atoms with E-state index in [1.165, 1.54) is 39.9 Å². The first-order chi connectivity index (χ1) is 15.4. The van der Waals surface area contributed by atoms with E-state index in [4.69, 9.17) is 4.74 Å². The number of hydrogen-bond donors (Lipinski definition) is 0. The molecule has 3 aromatic rings. The lowest BCUT2D eigenvalue weighted by atomic mass is 10.2.